The largest absolute Gasteiger partial charge is 0.494 e. The van der Waals surface area contributed by atoms with Crippen LogP contribution in [0.25, 0.3) is 0 Å². The maximum Gasteiger partial charge on any atom is 0.240 e. The third-order valence-electron chi connectivity index (χ3n) is 4.50. The number of sulfonamides is 1. The van der Waals surface area contributed by atoms with E-state index in [4.69, 9.17) is 18.9 Å². The van der Waals surface area contributed by atoms with E-state index >= 15 is 0 Å². The van der Waals surface area contributed by atoms with Crippen LogP contribution < -0.4 is 29.0 Å². The van der Waals surface area contributed by atoms with Gasteiger partial charge in [-0.25, -0.2) is 13.1 Å². The minimum atomic E-state index is -3.77. The summed E-state index contributed by atoms with van der Waals surface area (Å²) in [6.07, 6.45) is 0.738. The van der Waals surface area contributed by atoms with Crippen molar-refractivity contribution in [2.75, 3.05) is 39.5 Å². The van der Waals surface area contributed by atoms with Gasteiger partial charge in [0.15, 0.2) is 11.5 Å². The van der Waals surface area contributed by atoms with Crippen molar-refractivity contribution in [3.05, 3.63) is 42.5 Å². The van der Waals surface area contributed by atoms with Gasteiger partial charge in [0, 0.05) is 25.5 Å². The Morgan fingerprint density at radius 1 is 0.969 bits per heavy atom. The summed E-state index contributed by atoms with van der Waals surface area (Å²) in [6, 6.07) is 11.7. The van der Waals surface area contributed by atoms with E-state index in [1.165, 1.54) is 12.1 Å². The first-order valence-electron chi connectivity index (χ1n) is 10.5. The Bertz CT molecular complexity index is 994. The summed E-state index contributed by atoms with van der Waals surface area (Å²) in [6.45, 7) is 4.08. The zero-order chi connectivity index (χ0) is 22.8. The Kier molecular flexibility index (Phi) is 8.57. The van der Waals surface area contributed by atoms with Gasteiger partial charge < -0.3 is 24.3 Å². The van der Waals surface area contributed by atoms with Crippen molar-refractivity contribution in [2.24, 2.45) is 0 Å². The number of amides is 1. The summed E-state index contributed by atoms with van der Waals surface area (Å²) in [4.78, 5) is 12.0. The van der Waals surface area contributed by atoms with E-state index in [0.29, 0.717) is 50.2 Å². The predicted octanol–water partition coefficient (Wildman–Crippen LogP) is 2.11. The summed E-state index contributed by atoms with van der Waals surface area (Å²) in [5.74, 6) is 2.08. The second kappa shape index (κ2) is 11.6. The molecule has 0 atom stereocenters. The molecular weight excluding hydrogens is 436 g/mol. The molecule has 32 heavy (non-hydrogen) atoms. The number of ether oxygens (including phenoxy) is 4. The lowest BCUT2D eigenvalue weighted by atomic mass is 10.3. The van der Waals surface area contributed by atoms with Gasteiger partial charge in [-0.15, -0.1) is 0 Å². The van der Waals surface area contributed by atoms with Crippen molar-refractivity contribution in [2.45, 2.75) is 24.7 Å². The van der Waals surface area contributed by atoms with Crippen LogP contribution in [0.5, 0.6) is 23.0 Å². The van der Waals surface area contributed by atoms with Crippen molar-refractivity contribution >= 4 is 15.9 Å². The lowest BCUT2D eigenvalue weighted by Gasteiger charge is -2.11. The number of carbonyl (C=O) groups is 1. The molecule has 2 aromatic carbocycles. The van der Waals surface area contributed by atoms with Gasteiger partial charge in [-0.3, -0.25) is 4.79 Å². The summed E-state index contributed by atoms with van der Waals surface area (Å²) < 4.78 is 49.4. The Labute approximate surface area is 188 Å². The lowest BCUT2D eigenvalue weighted by molar-refractivity contribution is -0.121. The molecule has 3 rings (SSSR count). The van der Waals surface area contributed by atoms with Gasteiger partial charge >= 0.3 is 0 Å². The number of carbonyl (C=O) groups excluding carboxylic acids is 1. The van der Waals surface area contributed by atoms with Crippen molar-refractivity contribution in [3.63, 3.8) is 0 Å². The average molecular weight is 465 g/mol. The fourth-order valence-electron chi connectivity index (χ4n) is 2.94. The first-order valence-corrected chi connectivity index (χ1v) is 12.0. The van der Waals surface area contributed by atoms with Crippen LogP contribution in [-0.2, 0) is 14.8 Å². The van der Waals surface area contributed by atoms with E-state index in [0.717, 1.165) is 12.2 Å². The third-order valence-corrected chi connectivity index (χ3v) is 5.96. The van der Waals surface area contributed by atoms with Crippen molar-refractivity contribution in [3.8, 4) is 23.0 Å². The molecule has 0 aromatic heterocycles. The summed E-state index contributed by atoms with van der Waals surface area (Å²) in [7, 11) is -3.77. The SMILES string of the molecule is CCOc1ccc(OCCNC(=O)CCNS(=O)(=O)c2ccc3c(c2)OCCCO3)cc1. The van der Waals surface area contributed by atoms with Crippen LogP contribution in [0.15, 0.2) is 47.4 Å². The molecule has 0 bridgehead atoms. The van der Waals surface area contributed by atoms with Gasteiger partial charge in [-0.05, 0) is 43.3 Å². The first kappa shape index (κ1) is 23.7. The molecule has 0 unspecified atom stereocenters. The second-order valence-electron chi connectivity index (χ2n) is 6.91. The molecule has 0 saturated carbocycles. The highest BCUT2D eigenvalue weighted by atomic mass is 32.2. The summed E-state index contributed by atoms with van der Waals surface area (Å²) in [5, 5.41) is 2.70. The van der Waals surface area contributed by atoms with Gasteiger partial charge in [0.2, 0.25) is 15.9 Å². The smallest absolute Gasteiger partial charge is 0.240 e. The van der Waals surface area contributed by atoms with Crippen molar-refractivity contribution in [1.29, 1.82) is 0 Å². The predicted molar refractivity (Wildman–Crippen MR) is 118 cm³/mol. The monoisotopic (exact) mass is 464 g/mol. The van der Waals surface area contributed by atoms with Crippen LogP contribution in [0, 0.1) is 0 Å². The molecule has 174 valence electrons. The zero-order valence-corrected chi connectivity index (χ0v) is 18.8. The Morgan fingerprint density at radius 2 is 1.66 bits per heavy atom. The fourth-order valence-corrected chi connectivity index (χ4v) is 3.99. The van der Waals surface area contributed by atoms with Gasteiger partial charge in [-0.1, -0.05) is 0 Å². The second-order valence-corrected chi connectivity index (χ2v) is 8.68. The van der Waals surface area contributed by atoms with Gasteiger partial charge in [-0.2, -0.15) is 0 Å². The molecular formula is C22H28N2O7S. The normalized spacial score (nSPS) is 13.2. The molecule has 0 radical (unpaired) electrons. The van der Waals surface area contributed by atoms with E-state index in [-0.39, 0.29) is 23.8 Å². The Hall–Kier alpha value is -2.98. The van der Waals surface area contributed by atoms with Gasteiger partial charge in [0.1, 0.15) is 18.1 Å². The van der Waals surface area contributed by atoms with Crippen LogP contribution >= 0.6 is 0 Å². The molecule has 0 fully saturated rings. The van der Waals surface area contributed by atoms with Crippen molar-refractivity contribution < 1.29 is 32.2 Å². The highest BCUT2D eigenvalue weighted by Crippen LogP contribution is 2.31. The number of nitrogens with one attached hydrogen (secondary N) is 2. The number of fused-ring (bicyclic) bond motifs is 1. The highest BCUT2D eigenvalue weighted by molar-refractivity contribution is 7.89. The topological polar surface area (TPSA) is 112 Å². The molecule has 10 heteroatoms. The first-order chi connectivity index (χ1) is 15.5. The minimum absolute atomic E-state index is 0.00678. The standard InChI is InChI=1S/C22H28N2O7S/c1-2-28-17-4-6-18(7-5-17)29-15-12-23-22(25)10-11-24-32(26,27)19-8-9-20-21(16-19)31-14-3-13-30-20/h4-9,16,24H,2-3,10-15H2,1H3,(H,23,25). The minimum Gasteiger partial charge on any atom is -0.494 e. The summed E-state index contributed by atoms with van der Waals surface area (Å²) in [5.41, 5.74) is 0. The Morgan fingerprint density at radius 3 is 2.38 bits per heavy atom. The number of rotatable bonds is 11. The Balaban J connectivity index is 1.37. The van der Waals surface area contributed by atoms with Crippen LogP contribution in [0.4, 0.5) is 0 Å². The molecule has 0 spiro atoms. The maximum absolute atomic E-state index is 12.5. The molecule has 9 nitrogen and oxygen atoms in total. The lowest BCUT2D eigenvalue weighted by Crippen LogP contribution is -2.32. The quantitative estimate of drug-likeness (QED) is 0.490. The van der Waals surface area contributed by atoms with Gasteiger partial charge in [0.25, 0.3) is 0 Å². The zero-order valence-electron chi connectivity index (χ0n) is 18.0. The number of hydrogen-bond donors (Lipinski definition) is 2. The highest BCUT2D eigenvalue weighted by Gasteiger charge is 2.18. The average Bonchev–Trinajstić information content (AvgIpc) is 3.03. The summed E-state index contributed by atoms with van der Waals surface area (Å²) >= 11 is 0. The molecule has 1 aliphatic heterocycles. The number of hydrogen-bond acceptors (Lipinski definition) is 7. The molecule has 1 amide bonds. The van der Waals surface area contributed by atoms with E-state index < -0.39 is 10.0 Å². The van der Waals surface area contributed by atoms with E-state index in [1.807, 2.05) is 19.1 Å². The maximum atomic E-state index is 12.5. The molecule has 1 aliphatic rings. The van der Waals surface area contributed by atoms with Crippen LogP contribution in [0.3, 0.4) is 0 Å². The van der Waals surface area contributed by atoms with E-state index in [2.05, 4.69) is 10.0 Å². The fraction of sp³-hybridized carbons (Fsp3) is 0.409. The van der Waals surface area contributed by atoms with E-state index in [1.54, 1.807) is 18.2 Å². The van der Waals surface area contributed by atoms with E-state index in [9.17, 15) is 13.2 Å². The van der Waals surface area contributed by atoms with Crippen LogP contribution in [0.2, 0.25) is 0 Å². The third kappa shape index (κ3) is 7.03. The molecule has 1 heterocycles. The van der Waals surface area contributed by atoms with Crippen LogP contribution in [0.1, 0.15) is 19.8 Å². The molecule has 2 N–H and O–H groups in total. The van der Waals surface area contributed by atoms with Crippen LogP contribution in [-0.4, -0.2) is 53.8 Å². The van der Waals surface area contributed by atoms with Crippen molar-refractivity contribution in [1.82, 2.24) is 10.0 Å². The molecule has 0 aliphatic carbocycles. The number of benzene rings is 2. The molecule has 2 aromatic rings. The van der Waals surface area contributed by atoms with Gasteiger partial charge in [0.05, 0.1) is 31.3 Å². The molecule has 0 saturated heterocycles.